The average Bonchev–Trinajstić information content (AvgIpc) is 3.06. The van der Waals surface area contributed by atoms with Crippen molar-refractivity contribution in [1.29, 1.82) is 0 Å². The molecule has 1 saturated heterocycles. The predicted octanol–water partition coefficient (Wildman–Crippen LogP) is 5.35. The van der Waals surface area contributed by atoms with Crippen molar-refractivity contribution in [3.8, 4) is 0 Å². The molecule has 160 valence electrons. The van der Waals surface area contributed by atoms with Gasteiger partial charge in [0.25, 0.3) is 0 Å². The number of nitrogen functional groups attached to an aromatic ring is 1. The zero-order chi connectivity index (χ0) is 22.7. The van der Waals surface area contributed by atoms with Gasteiger partial charge in [-0.05, 0) is 66.2 Å². The standard InChI is InChI=1S/C25H19BrN2O3S/c26-18-9-4-16(5-10-18)6-13-22(29)17-7-11-20(12-8-17)28-24(30)15-23(25(28)31)32-21-3-1-2-19(27)14-21/h1-14,23H,15,27H2/b13-6+. The zero-order valence-electron chi connectivity index (χ0n) is 16.9. The van der Waals surface area contributed by atoms with Crippen molar-refractivity contribution in [2.45, 2.75) is 16.6 Å². The number of benzene rings is 3. The molecule has 4 rings (SSSR count). The number of carbonyl (C=O) groups is 3. The van der Waals surface area contributed by atoms with Crippen LogP contribution in [-0.2, 0) is 9.59 Å². The van der Waals surface area contributed by atoms with Crippen molar-refractivity contribution >= 4 is 62.7 Å². The van der Waals surface area contributed by atoms with Crippen molar-refractivity contribution in [2.24, 2.45) is 0 Å². The summed E-state index contributed by atoms with van der Waals surface area (Å²) in [6.45, 7) is 0. The zero-order valence-corrected chi connectivity index (χ0v) is 19.3. The quantitative estimate of drug-likeness (QED) is 0.211. The first-order valence-corrected chi connectivity index (χ1v) is 11.5. The Kier molecular flexibility index (Phi) is 6.58. The van der Waals surface area contributed by atoms with Crippen LogP contribution in [0.2, 0.25) is 0 Å². The summed E-state index contributed by atoms with van der Waals surface area (Å²) >= 11 is 4.71. The third kappa shape index (κ3) is 5.00. The second kappa shape index (κ2) is 9.54. The minimum Gasteiger partial charge on any atom is -0.399 e. The molecule has 7 heteroatoms. The van der Waals surface area contributed by atoms with Gasteiger partial charge < -0.3 is 5.73 Å². The maximum absolute atomic E-state index is 12.9. The fourth-order valence-corrected chi connectivity index (χ4v) is 4.72. The number of rotatable bonds is 6. The number of carbonyl (C=O) groups excluding carboxylic acids is 3. The number of hydrogen-bond acceptors (Lipinski definition) is 5. The second-order valence-corrected chi connectivity index (χ2v) is 9.44. The number of halogens is 1. The smallest absolute Gasteiger partial charge is 0.247 e. The van der Waals surface area contributed by atoms with Crippen LogP contribution in [0, 0.1) is 0 Å². The first kappa shape index (κ1) is 22.0. The lowest BCUT2D eigenvalue weighted by Crippen LogP contribution is -2.31. The van der Waals surface area contributed by atoms with E-state index in [-0.39, 0.29) is 24.0 Å². The molecule has 0 saturated carbocycles. The Morgan fingerprint density at radius 3 is 2.44 bits per heavy atom. The summed E-state index contributed by atoms with van der Waals surface area (Å²) in [5.41, 5.74) is 8.26. The molecule has 3 aromatic rings. The van der Waals surface area contributed by atoms with Crippen LogP contribution in [0.5, 0.6) is 0 Å². The van der Waals surface area contributed by atoms with Crippen molar-refractivity contribution in [3.05, 3.63) is 94.5 Å². The topological polar surface area (TPSA) is 80.5 Å². The molecule has 3 aromatic carbocycles. The molecule has 5 nitrogen and oxygen atoms in total. The Hall–Kier alpha value is -3.16. The van der Waals surface area contributed by atoms with Crippen LogP contribution in [0.15, 0.2) is 88.2 Å². The van der Waals surface area contributed by atoms with Crippen LogP contribution in [-0.4, -0.2) is 22.8 Å². The van der Waals surface area contributed by atoms with E-state index in [4.69, 9.17) is 5.73 Å². The molecule has 1 heterocycles. The van der Waals surface area contributed by atoms with E-state index in [2.05, 4.69) is 15.9 Å². The summed E-state index contributed by atoms with van der Waals surface area (Å²) < 4.78 is 0.969. The van der Waals surface area contributed by atoms with Gasteiger partial charge in [-0.15, -0.1) is 11.8 Å². The van der Waals surface area contributed by atoms with Crippen molar-refractivity contribution < 1.29 is 14.4 Å². The Morgan fingerprint density at radius 1 is 1.03 bits per heavy atom. The van der Waals surface area contributed by atoms with Gasteiger partial charge in [-0.25, -0.2) is 4.90 Å². The number of nitrogens with zero attached hydrogens (tertiary/aromatic N) is 1. The van der Waals surface area contributed by atoms with E-state index in [1.54, 1.807) is 42.5 Å². The van der Waals surface area contributed by atoms with E-state index < -0.39 is 5.25 Å². The molecule has 2 amide bonds. The van der Waals surface area contributed by atoms with E-state index in [1.165, 1.54) is 22.7 Å². The lowest BCUT2D eigenvalue weighted by molar-refractivity contribution is -0.121. The van der Waals surface area contributed by atoms with Crippen LogP contribution < -0.4 is 10.6 Å². The number of allylic oxidation sites excluding steroid dienone is 1. The molecule has 2 N–H and O–H groups in total. The van der Waals surface area contributed by atoms with Gasteiger partial charge in [0.15, 0.2) is 5.78 Å². The lowest BCUT2D eigenvalue weighted by Gasteiger charge is -2.15. The first-order chi connectivity index (χ1) is 15.4. The molecular weight excluding hydrogens is 488 g/mol. The Labute approximate surface area is 198 Å². The van der Waals surface area contributed by atoms with Crippen LogP contribution in [0.1, 0.15) is 22.3 Å². The minimum atomic E-state index is -0.501. The van der Waals surface area contributed by atoms with Gasteiger partial charge >= 0.3 is 0 Å². The summed E-state index contributed by atoms with van der Waals surface area (Å²) in [6, 6.07) is 21.4. The van der Waals surface area contributed by atoms with E-state index in [1.807, 2.05) is 36.4 Å². The average molecular weight is 507 g/mol. The number of imide groups is 1. The summed E-state index contributed by atoms with van der Waals surface area (Å²) in [5, 5.41) is -0.501. The predicted molar refractivity (Wildman–Crippen MR) is 132 cm³/mol. The Balaban J connectivity index is 1.45. The van der Waals surface area contributed by atoms with Gasteiger partial charge in [0, 0.05) is 27.0 Å². The van der Waals surface area contributed by atoms with Gasteiger partial charge in [0.05, 0.1) is 10.9 Å². The molecule has 1 atom stereocenters. The highest BCUT2D eigenvalue weighted by Crippen LogP contribution is 2.34. The van der Waals surface area contributed by atoms with Gasteiger partial charge in [0.2, 0.25) is 11.8 Å². The number of nitrogens with two attached hydrogens (primary N) is 1. The number of hydrogen-bond donors (Lipinski definition) is 1. The Morgan fingerprint density at radius 2 is 1.75 bits per heavy atom. The summed E-state index contributed by atoms with van der Waals surface area (Å²) in [4.78, 5) is 39.9. The molecule has 1 aliphatic heterocycles. The summed E-state index contributed by atoms with van der Waals surface area (Å²) in [7, 11) is 0. The molecule has 0 spiro atoms. The lowest BCUT2D eigenvalue weighted by atomic mass is 10.1. The monoisotopic (exact) mass is 506 g/mol. The molecule has 1 aliphatic rings. The second-order valence-electron chi connectivity index (χ2n) is 7.25. The third-order valence-electron chi connectivity index (χ3n) is 4.95. The van der Waals surface area contributed by atoms with Gasteiger partial charge in [-0.1, -0.05) is 40.2 Å². The number of anilines is 2. The largest absolute Gasteiger partial charge is 0.399 e. The summed E-state index contributed by atoms with van der Waals surface area (Å²) in [5.74, 6) is -0.684. The number of amides is 2. The minimum absolute atomic E-state index is 0.120. The molecule has 0 bridgehead atoms. The number of thioether (sulfide) groups is 1. The van der Waals surface area contributed by atoms with Crippen LogP contribution in [0.3, 0.4) is 0 Å². The highest BCUT2D eigenvalue weighted by Gasteiger charge is 2.40. The SMILES string of the molecule is Nc1cccc(SC2CC(=O)N(c3ccc(C(=O)/C=C/c4ccc(Br)cc4)cc3)C2=O)c1. The van der Waals surface area contributed by atoms with Gasteiger partial charge in [0.1, 0.15) is 0 Å². The highest BCUT2D eigenvalue weighted by atomic mass is 79.9. The molecule has 1 unspecified atom stereocenters. The molecule has 1 fully saturated rings. The first-order valence-electron chi connectivity index (χ1n) is 9.88. The number of ketones is 1. The van der Waals surface area contributed by atoms with E-state index in [0.29, 0.717) is 16.9 Å². The maximum atomic E-state index is 12.9. The van der Waals surface area contributed by atoms with E-state index >= 15 is 0 Å². The maximum Gasteiger partial charge on any atom is 0.247 e. The van der Waals surface area contributed by atoms with Crippen LogP contribution in [0.25, 0.3) is 6.08 Å². The molecule has 32 heavy (non-hydrogen) atoms. The van der Waals surface area contributed by atoms with Crippen molar-refractivity contribution in [1.82, 2.24) is 0 Å². The van der Waals surface area contributed by atoms with Crippen molar-refractivity contribution in [3.63, 3.8) is 0 Å². The molecular formula is C25H19BrN2O3S. The third-order valence-corrected chi connectivity index (χ3v) is 6.66. The summed E-state index contributed by atoms with van der Waals surface area (Å²) in [6.07, 6.45) is 3.37. The van der Waals surface area contributed by atoms with E-state index in [9.17, 15) is 14.4 Å². The normalized spacial score (nSPS) is 16.2. The van der Waals surface area contributed by atoms with Crippen LogP contribution >= 0.6 is 27.7 Å². The fourth-order valence-electron chi connectivity index (χ4n) is 3.34. The van der Waals surface area contributed by atoms with Gasteiger partial charge in [-0.3, -0.25) is 14.4 Å². The fraction of sp³-hybridized carbons (Fsp3) is 0.0800. The Bertz CT molecular complexity index is 1210. The highest BCUT2D eigenvalue weighted by molar-refractivity contribution is 9.10. The van der Waals surface area contributed by atoms with E-state index in [0.717, 1.165) is 14.9 Å². The van der Waals surface area contributed by atoms with Crippen molar-refractivity contribution in [2.75, 3.05) is 10.6 Å². The molecule has 0 aromatic heterocycles. The van der Waals surface area contributed by atoms with Crippen LogP contribution in [0.4, 0.5) is 11.4 Å². The molecule has 0 radical (unpaired) electrons. The molecule has 0 aliphatic carbocycles. The van der Waals surface area contributed by atoms with Gasteiger partial charge in [-0.2, -0.15) is 0 Å².